The highest BCUT2D eigenvalue weighted by Crippen LogP contribution is 2.16. The molecule has 0 amide bonds. The van der Waals surface area contributed by atoms with Gasteiger partial charge in [0.05, 0.1) is 4.90 Å². The maximum absolute atomic E-state index is 13.0. The number of rotatable bonds is 5. The molecule has 1 N–H and O–H groups in total. The van der Waals surface area contributed by atoms with E-state index in [-0.39, 0.29) is 23.8 Å². The second-order valence-corrected chi connectivity index (χ2v) is 5.55. The van der Waals surface area contributed by atoms with Crippen LogP contribution in [0.15, 0.2) is 23.1 Å². The SMILES string of the molecule is CNCCN(C)S(=O)(=O)c1ccc(F)c(F)c1.Cl. The molecule has 0 saturated heterocycles. The molecule has 0 saturated carbocycles. The molecule has 0 spiro atoms. The molecule has 0 unspecified atom stereocenters. The predicted molar refractivity (Wildman–Crippen MR) is 67.3 cm³/mol. The van der Waals surface area contributed by atoms with Gasteiger partial charge < -0.3 is 5.32 Å². The Labute approximate surface area is 111 Å². The number of nitrogens with one attached hydrogen (secondary N) is 1. The molecule has 104 valence electrons. The number of likely N-dealkylation sites (N-methyl/N-ethyl adjacent to an activating group) is 2. The topological polar surface area (TPSA) is 49.4 Å². The van der Waals surface area contributed by atoms with E-state index in [1.807, 2.05) is 0 Å². The van der Waals surface area contributed by atoms with E-state index in [2.05, 4.69) is 5.32 Å². The van der Waals surface area contributed by atoms with Crippen molar-refractivity contribution in [2.24, 2.45) is 0 Å². The number of benzene rings is 1. The van der Waals surface area contributed by atoms with Crippen LogP contribution in [0.3, 0.4) is 0 Å². The van der Waals surface area contributed by atoms with E-state index in [0.29, 0.717) is 12.6 Å². The van der Waals surface area contributed by atoms with Gasteiger partial charge in [0.25, 0.3) is 0 Å². The summed E-state index contributed by atoms with van der Waals surface area (Å²) in [5.41, 5.74) is 0. The van der Waals surface area contributed by atoms with Gasteiger partial charge in [-0.05, 0) is 25.2 Å². The third-order valence-electron chi connectivity index (χ3n) is 2.28. The second kappa shape index (κ2) is 6.98. The molecule has 1 aromatic carbocycles. The van der Waals surface area contributed by atoms with Gasteiger partial charge >= 0.3 is 0 Å². The van der Waals surface area contributed by atoms with Crippen LogP contribution in [0.25, 0.3) is 0 Å². The monoisotopic (exact) mass is 300 g/mol. The van der Waals surface area contributed by atoms with Crippen molar-refractivity contribution in [3.05, 3.63) is 29.8 Å². The molecular formula is C10H15ClF2N2O2S. The average Bonchev–Trinajstić information content (AvgIpc) is 2.29. The lowest BCUT2D eigenvalue weighted by atomic mass is 10.3. The van der Waals surface area contributed by atoms with Gasteiger partial charge in [0.15, 0.2) is 11.6 Å². The fraction of sp³-hybridized carbons (Fsp3) is 0.400. The van der Waals surface area contributed by atoms with Crippen LogP contribution >= 0.6 is 12.4 Å². The summed E-state index contributed by atoms with van der Waals surface area (Å²) in [6.45, 7) is 0.719. The number of hydrogen-bond donors (Lipinski definition) is 1. The Morgan fingerprint density at radius 1 is 1.28 bits per heavy atom. The minimum absolute atomic E-state index is 0. The Balaban J connectivity index is 0.00000289. The predicted octanol–water partition coefficient (Wildman–Crippen LogP) is 1.23. The number of hydrogen-bond acceptors (Lipinski definition) is 3. The van der Waals surface area contributed by atoms with E-state index in [9.17, 15) is 17.2 Å². The van der Waals surface area contributed by atoms with Crippen LogP contribution < -0.4 is 5.32 Å². The van der Waals surface area contributed by atoms with Crippen LogP contribution in [0.1, 0.15) is 0 Å². The fourth-order valence-corrected chi connectivity index (χ4v) is 2.39. The molecule has 0 bridgehead atoms. The zero-order valence-corrected chi connectivity index (χ0v) is 11.6. The molecule has 0 radical (unpaired) electrons. The van der Waals surface area contributed by atoms with Crippen LogP contribution in [-0.2, 0) is 10.0 Å². The summed E-state index contributed by atoms with van der Waals surface area (Å²) in [6.07, 6.45) is 0. The van der Waals surface area contributed by atoms with E-state index in [1.165, 1.54) is 7.05 Å². The van der Waals surface area contributed by atoms with Crippen molar-refractivity contribution in [1.82, 2.24) is 9.62 Å². The molecule has 0 atom stereocenters. The van der Waals surface area contributed by atoms with Crippen LogP contribution in [0, 0.1) is 11.6 Å². The number of nitrogens with zero attached hydrogens (tertiary/aromatic N) is 1. The fourth-order valence-electron chi connectivity index (χ4n) is 1.21. The molecule has 0 heterocycles. The molecule has 0 fully saturated rings. The molecule has 8 heteroatoms. The molecule has 18 heavy (non-hydrogen) atoms. The van der Waals surface area contributed by atoms with E-state index in [4.69, 9.17) is 0 Å². The van der Waals surface area contributed by atoms with Gasteiger partial charge in [-0.25, -0.2) is 17.2 Å². The van der Waals surface area contributed by atoms with E-state index in [1.54, 1.807) is 7.05 Å². The first-order valence-corrected chi connectivity index (χ1v) is 6.39. The highest BCUT2D eigenvalue weighted by atomic mass is 35.5. The third kappa shape index (κ3) is 3.88. The Kier molecular flexibility index (Phi) is 6.69. The van der Waals surface area contributed by atoms with Crippen molar-refractivity contribution in [2.75, 3.05) is 27.2 Å². The van der Waals surface area contributed by atoms with Crippen LogP contribution in [0.5, 0.6) is 0 Å². The molecule has 0 aliphatic carbocycles. The molecule has 0 aromatic heterocycles. The standard InChI is InChI=1S/C10H14F2N2O2S.ClH/c1-13-5-6-14(2)17(15,16)8-3-4-9(11)10(12)7-8;/h3-4,7,13H,5-6H2,1-2H3;1H. The van der Waals surface area contributed by atoms with Crippen LogP contribution in [0.2, 0.25) is 0 Å². The second-order valence-electron chi connectivity index (χ2n) is 3.51. The van der Waals surface area contributed by atoms with E-state index in [0.717, 1.165) is 16.4 Å². The first kappa shape index (κ1) is 17.2. The highest BCUT2D eigenvalue weighted by molar-refractivity contribution is 7.89. The van der Waals surface area contributed by atoms with Crippen molar-refractivity contribution >= 4 is 22.4 Å². The molecule has 1 aromatic rings. The molecule has 0 aliphatic rings. The average molecular weight is 301 g/mol. The van der Waals surface area contributed by atoms with Gasteiger partial charge in [-0.15, -0.1) is 12.4 Å². The van der Waals surface area contributed by atoms with Crippen molar-refractivity contribution in [2.45, 2.75) is 4.90 Å². The first-order valence-electron chi connectivity index (χ1n) is 4.95. The van der Waals surface area contributed by atoms with Crippen LogP contribution in [-0.4, -0.2) is 39.9 Å². The van der Waals surface area contributed by atoms with E-state index >= 15 is 0 Å². The molecule has 4 nitrogen and oxygen atoms in total. The Morgan fingerprint density at radius 2 is 1.89 bits per heavy atom. The molecule has 0 aliphatic heterocycles. The van der Waals surface area contributed by atoms with Crippen molar-refractivity contribution in [1.29, 1.82) is 0 Å². The maximum atomic E-state index is 13.0. The molecule has 1 rings (SSSR count). The lowest BCUT2D eigenvalue weighted by Crippen LogP contribution is -2.32. The van der Waals surface area contributed by atoms with Gasteiger partial charge in [0.2, 0.25) is 10.0 Å². The summed E-state index contributed by atoms with van der Waals surface area (Å²) in [5, 5.41) is 2.80. The van der Waals surface area contributed by atoms with Gasteiger partial charge in [-0.3, -0.25) is 0 Å². The van der Waals surface area contributed by atoms with Crippen LogP contribution in [0.4, 0.5) is 8.78 Å². The van der Waals surface area contributed by atoms with Crippen molar-refractivity contribution in [3.63, 3.8) is 0 Å². The lowest BCUT2D eigenvalue weighted by molar-refractivity contribution is 0.463. The largest absolute Gasteiger partial charge is 0.318 e. The summed E-state index contributed by atoms with van der Waals surface area (Å²) in [5.74, 6) is -2.24. The van der Waals surface area contributed by atoms with Crippen molar-refractivity contribution in [3.8, 4) is 0 Å². The minimum atomic E-state index is -3.76. The van der Waals surface area contributed by atoms with Gasteiger partial charge in [-0.1, -0.05) is 0 Å². The third-order valence-corrected chi connectivity index (χ3v) is 4.13. The highest BCUT2D eigenvalue weighted by Gasteiger charge is 2.21. The lowest BCUT2D eigenvalue weighted by Gasteiger charge is -2.16. The quantitative estimate of drug-likeness (QED) is 0.890. The Hall–Kier alpha value is -0.760. The van der Waals surface area contributed by atoms with E-state index < -0.39 is 21.7 Å². The zero-order valence-electron chi connectivity index (χ0n) is 9.98. The van der Waals surface area contributed by atoms with Gasteiger partial charge in [0.1, 0.15) is 0 Å². The summed E-state index contributed by atoms with van der Waals surface area (Å²) in [4.78, 5) is -0.255. The Morgan fingerprint density at radius 3 is 2.39 bits per heavy atom. The summed E-state index contributed by atoms with van der Waals surface area (Å²) in [6, 6.07) is 2.53. The zero-order chi connectivity index (χ0) is 13.1. The Bertz CT molecular complexity index is 497. The summed E-state index contributed by atoms with van der Waals surface area (Å²) in [7, 11) is -0.688. The number of sulfonamides is 1. The van der Waals surface area contributed by atoms with Gasteiger partial charge in [0, 0.05) is 20.1 Å². The minimum Gasteiger partial charge on any atom is -0.318 e. The summed E-state index contributed by atoms with van der Waals surface area (Å²) >= 11 is 0. The normalized spacial score (nSPS) is 11.4. The maximum Gasteiger partial charge on any atom is 0.242 e. The smallest absolute Gasteiger partial charge is 0.242 e. The first-order chi connectivity index (χ1) is 7.89. The summed E-state index contributed by atoms with van der Waals surface area (Å²) < 4.78 is 50.6. The number of halogens is 3. The van der Waals surface area contributed by atoms with Crippen molar-refractivity contribution < 1.29 is 17.2 Å². The van der Waals surface area contributed by atoms with Gasteiger partial charge in [-0.2, -0.15) is 4.31 Å². The molecular weight excluding hydrogens is 286 g/mol.